The largest absolute Gasteiger partial charge is 0.496 e. The van der Waals surface area contributed by atoms with E-state index in [2.05, 4.69) is 35.1 Å². The second-order valence-corrected chi connectivity index (χ2v) is 5.45. The predicted molar refractivity (Wildman–Crippen MR) is 77.2 cm³/mol. The average molecular weight is 314 g/mol. The highest BCUT2D eigenvalue weighted by molar-refractivity contribution is 9.10. The van der Waals surface area contributed by atoms with Gasteiger partial charge in [0.25, 0.3) is 0 Å². The molecule has 0 spiro atoms. The Labute approximate surface area is 117 Å². The molecule has 0 aliphatic carbocycles. The zero-order valence-corrected chi connectivity index (χ0v) is 12.7. The molecular weight excluding hydrogens is 294 g/mol. The Balaban J connectivity index is 2.55. The van der Waals surface area contributed by atoms with Gasteiger partial charge in [0.05, 0.1) is 7.11 Å². The van der Waals surface area contributed by atoms with Gasteiger partial charge in [0, 0.05) is 35.5 Å². The number of benzene rings is 1. The van der Waals surface area contributed by atoms with Crippen molar-refractivity contribution in [1.82, 2.24) is 5.32 Å². The van der Waals surface area contributed by atoms with E-state index in [1.165, 1.54) is 0 Å². The van der Waals surface area contributed by atoms with Gasteiger partial charge in [0.2, 0.25) is 0 Å². The number of rotatable bonds is 7. The van der Waals surface area contributed by atoms with Crippen LogP contribution in [0.3, 0.4) is 0 Å². The summed E-state index contributed by atoms with van der Waals surface area (Å²) < 4.78 is 6.22. The molecule has 4 heteroatoms. The van der Waals surface area contributed by atoms with Crippen molar-refractivity contribution in [2.24, 2.45) is 0 Å². The molecule has 0 saturated heterocycles. The first-order chi connectivity index (χ1) is 8.52. The van der Waals surface area contributed by atoms with Crippen LogP contribution in [0.2, 0.25) is 0 Å². The van der Waals surface area contributed by atoms with Gasteiger partial charge >= 0.3 is 0 Å². The number of ether oxygens (including phenoxy) is 1. The van der Waals surface area contributed by atoms with Crippen LogP contribution >= 0.6 is 15.9 Å². The summed E-state index contributed by atoms with van der Waals surface area (Å²) in [5.74, 6) is 0.989. The second-order valence-electron chi connectivity index (χ2n) is 4.53. The van der Waals surface area contributed by atoms with Gasteiger partial charge in [-0.05, 0) is 18.2 Å². The maximum Gasteiger partial charge on any atom is 0.138 e. The smallest absolute Gasteiger partial charge is 0.138 e. The Kier molecular flexibility index (Phi) is 6.36. The van der Waals surface area contributed by atoms with Gasteiger partial charge in [0.15, 0.2) is 0 Å². The van der Waals surface area contributed by atoms with Crippen molar-refractivity contribution in [3.05, 3.63) is 28.2 Å². The number of ketones is 1. The fraction of sp³-hybridized carbons (Fsp3) is 0.500. The highest BCUT2D eigenvalue weighted by atomic mass is 79.9. The minimum Gasteiger partial charge on any atom is -0.496 e. The normalized spacial score (nSPS) is 10.7. The zero-order chi connectivity index (χ0) is 13.5. The van der Waals surface area contributed by atoms with Crippen molar-refractivity contribution >= 4 is 21.7 Å². The number of Topliss-reactive ketones (excluding diaryl/α,β-unsaturated/α-hetero) is 1. The molecule has 1 rings (SSSR count). The molecule has 0 aliphatic rings. The summed E-state index contributed by atoms with van der Waals surface area (Å²) in [6.45, 7) is 4.87. The first-order valence-electron chi connectivity index (χ1n) is 6.10. The first-order valence-corrected chi connectivity index (χ1v) is 6.89. The highest BCUT2D eigenvalue weighted by Gasteiger charge is 2.09. The lowest BCUT2D eigenvalue weighted by Gasteiger charge is -2.10. The molecule has 1 N–H and O–H groups in total. The molecule has 0 unspecified atom stereocenters. The van der Waals surface area contributed by atoms with Crippen LogP contribution in [0.15, 0.2) is 22.7 Å². The van der Waals surface area contributed by atoms with Gasteiger partial charge < -0.3 is 10.1 Å². The van der Waals surface area contributed by atoms with E-state index in [1.54, 1.807) is 7.11 Å². The molecule has 0 aromatic heterocycles. The molecule has 1 aromatic rings. The molecule has 0 bridgehead atoms. The molecule has 0 aliphatic heterocycles. The number of carbonyl (C=O) groups is 1. The first kappa shape index (κ1) is 15.2. The van der Waals surface area contributed by atoms with E-state index in [-0.39, 0.29) is 5.78 Å². The summed E-state index contributed by atoms with van der Waals surface area (Å²) in [5.41, 5.74) is 0.932. The summed E-state index contributed by atoms with van der Waals surface area (Å²) in [5, 5.41) is 3.24. The minimum atomic E-state index is 0.222. The maximum atomic E-state index is 11.9. The van der Waals surface area contributed by atoms with Crippen LogP contribution < -0.4 is 10.1 Å². The van der Waals surface area contributed by atoms with Crippen LogP contribution in [0.4, 0.5) is 0 Å². The lowest BCUT2D eigenvalue weighted by molar-refractivity contribution is -0.118. The van der Waals surface area contributed by atoms with Gasteiger partial charge in [-0.15, -0.1) is 0 Å². The van der Waals surface area contributed by atoms with E-state index >= 15 is 0 Å². The fourth-order valence-corrected chi connectivity index (χ4v) is 2.09. The maximum absolute atomic E-state index is 11.9. The fourth-order valence-electron chi connectivity index (χ4n) is 1.69. The van der Waals surface area contributed by atoms with Gasteiger partial charge in [0.1, 0.15) is 11.5 Å². The summed E-state index contributed by atoms with van der Waals surface area (Å²) in [6.07, 6.45) is 0.968. The predicted octanol–water partition coefficient (Wildman–Crippen LogP) is 2.96. The number of hydrogen-bond acceptors (Lipinski definition) is 3. The van der Waals surface area contributed by atoms with Crippen LogP contribution in [0.1, 0.15) is 25.8 Å². The molecule has 0 heterocycles. The molecule has 100 valence electrons. The van der Waals surface area contributed by atoms with Crippen LogP contribution in [0.5, 0.6) is 5.75 Å². The summed E-state index contributed by atoms with van der Waals surface area (Å²) in [7, 11) is 1.62. The Morgan fingerprint density at radius 1 is 1.44 bits per heavy atom. The number of hydrogen-bond donors (Lipinski definition) is 1. The van der Waals surface area contributed by atoms with Crippen LogP contribution in [-0.2, 0) is 11.2 Å². The van der Waals surface area contributed by atoms with Crippen LogP contribution in [0, 0.1) is 0 Å². The summed E-state index contributed by atoms with van der Waals surface area (Å²) >= 11 is 3.41. The molecular formula is C14H20BrNO2. The molecule has 3 nitrogen and oxygen atoms in total. The number of nitrogens with one attached hydrogen (secondary N) is 1. The van der Waals surface area contributed by atoms with E-state index in [1.807, 2.05) is 18.2 Å². The Hall–Kier alpha value is -0.870. The van der Waals surface area contributed by atoms with Crippen LogP contribution in [0.25, 0.3) is 0 Å². The van der Waals surface area contributed by atoms with Crippen molar-refractivity contribution < 1.29 is 9.53 Å². The molecule has 0 fully saturated rings. The molecule has 0 saturated carbocycles. The third-order valence-electron chi connectivity index (χ3n) is 2.59. The van der Waals surface area contributed by atoms with E-state index in [4.69, 9.17) is 4.74 Å². The topological polar surface area (TPSA) is 38.3 Å². The monoisotopic (exact) mass is 313 g/mol. The van der Waals surface area contributed by atoms with E-state index < -0.39 is 0 Å². The number of carbonyl (C=O) groups excluding carboxylic acids is 1. The quantitative estimate of drug-likeness (QED) is 0.841. The second kappa shape index (κ2) is 7.54. The SMILES string of the molecule is COc1ccc(Br)cc1CC(=O)CCNC(C)C. The Bertz CT molecular complexity index is 405. The van der Waals surface area contributed by atoms with Crippen molar-refractivity contribution in [2.75, 3.05) is 13.7 Å². The van der Waals surface area contributed by atoms with Crippen molar-refractivity contribution in [1.29, 1.82) is 0 Å². The highest BCUT2D eigenvalue weighted by Crippen LogP contribution is 2.23. The lowest BCUT2D eigenvalue weighted by Crippen LogP contribution is -2.25. The molecule has 0 atom stereocenters. The van der Waals surface area contributed by atoms with Crippen molar-refractivity contribution in [2.45, 2.75) is 32.7 Å². The summed E-state index contributed by atoms with van der Waals surface area (Å²) in [6, 6.07) is 6.14. The lowest BCUT2D eigenvalue weighted by atomic mass is 10.1. The Morgan fingerprint density at radius 3 is 2.78 bits per heavy atom. The van der Waals surface area contributed by atoms with Gasteiger partial charge in [-0.2, -0.15) is 0 Å². The average Bonchev–Trinajstić information content (AvgIpc) is 2.28. The Morgan fingerprint density at radius 2 is 2.17 bits per heavy atom. The van der Waals surface area contributed by atoms with E-state index in [0.717, 1.165) is 22.3 Å². The molecule has 1 aromatic carbocycles. The molecule has 0 radical (unpaired) electrons. The zero-order valence-electron chi connectivity index (χ0n) is 11.1. The molecule has 0 amide bonds. The molecule has 18 heavy (non-hydrogen) atoms. The third-order valence-corrected chi connectivity index (χ3v) is 3.08. The van der Waals surface area contributed by atoms with Crippen LogP contribution in [-0.4, -0.2) is 25.5 Å². The minimum absolute atomic E-state index is 0.222. The summed E-state index contributed by atoms with van der Waals surface area (Å²) in [4.78, 5) is 11.9. The number of methoxy groups -OCH3 is 1. The van der Waals surface area contributed by atoms with Crippen molar-refractivity contribution in [3.63, 3.8) is 0 Å². The number of halogens is 1. The van der Waals surface area contributed by atoms with Crippen molar-refractivity contribution in [3.8, 4) is 5.75 Å². The van der Waals surface area contributed by atoms with Gasteiger partial charge in [-0.25, -0.2) is 0 Å². The van der Waals surface area contributed by atoms with E-state index in [9.17, 15) is 4.79 Å². The van der Waals surface area contributed by atoms with E-state index in [0.29, 0.717) is 18.9 Å². The van der Waals surface area contributed by atoms with Gasteiger partial charge in [-0.1, -0.05) is 29.8 Å². The standard InChI is InChI=1S/C14H20BrNO2/c1-10(2)16-7-6-13(17)9-11-8-12(15)4-5-14(11)18-3/h4-5,8,10,16H,6-7,9H2,1-3H3. The third kappa shape index (κ3) is 5.19. The van der Waals surface area contributed by atoms with Gasteiger partial charge in [-0.3, -0.25) is 4.79 Å².